The first-order valence-corrected chi connectivity index (χ1v) is 6.01. The molecule has 94 valence electrons. The summed E-state index contributed by atoms with van der Waals surface area (Å²) in [5.74, 6) is 0.408. The number of hydrogen-bond donors (Lipinski definition) is 0. The van der Waals surface area contributed by atoms with Gasteiger partial charge in [-0.3, -0.25) is 4.79 Å². The van der Waals surface area contributed by atoms with E-state index in [9.17, 15) is 4.79 Å². The van der Waals surface area contributed by atoms with E-state index in [4.69, 9.17) is 32.5 Å². The van der Waals surface area contributed by atoms with Gasteiger partial charge in [0.15, 0.2) is 12.4 Å². The molecule has 0 N–H and O–H groups in total. The summed E-state index contributed by atoms with van der Waals surface area (Å²) in [7, 11) is 0. The minimum absolute atomic E-state index is 0.0503. The first-order chi connectivity index (χ1) is 7.89. The molecule has 1 heterocycles. The fourth-order valence-electron chi connectivity index (χ4n) is 1.40. The van der Waals surface area contributed by atoms with Gasteiger partial charge in [-0.25, -0.2) is 0 Å². The number of carbonyl (C=O) groups is 1. The van der Waals surface area contributed by atoms with Crippen molar-refractivity contribution < 1.29 is 14.1 Å². The monoisotopic (exact) mass is 278 g/mol. The van der Waals surface area contributed by atoms with Gasteiger partial charge in [0.25, 0.3) is 5.89 Å². The molecule has 1 aliphatic rings. The molecule has 1 aromatic heterocycles. The van der Waals surface area contributed by atoms with E-state index in [0.29, 0.717) is 18.7 Å². The van der Waals surface area contributed by atoms with E-state index < -0.39 is 15.7 Å². The van der Waals surface area contributed by atoms with Gasteiger partial charge in [-0.15, -0.1) is 23.2 Å². The van der Waals surface area contributed by atoms with Crippen LogP contribution in [0.25, 0.3) is 0 Å². The molecule has 1 aromatic rings. The van der Waals surface area contributed by atoms with E-state index >= 15 is 0 Å². The van der Waals surface area contributed by atoms with E-state index in [1.54, 1.807) is 6.92 Å². The van der Waals surface area contributed by atoms with Gasteiger partial charge < -0.3 is 9.26 Å². The SMILES string of the molecule is CCc1noc(COC(=O)C2(C)CC2(Cl)Cl)n1. The normalized spacial score (nSPS) is 25.6. The average molecular weight is 279 g/mol. The number of rotatable bonds is 4. The number of carbonyl (C=O) groups excluding carboxylic acids is 1. The lowest BCUT2D eigenvalue weighted by Crippen LogP contribution is -2.21. The van der Waals surface area contributed by atoms with Crippen LogP contribution in [-0.4, -0.2) is 20.4 Å². The lowest BCUT2D eigenvalue weighted by molar-refractivity contribution is -0.151. The number of nitrogens with zero attached hydrogens (tertiary/aromatic N) is 2. The number of esters is 1. The minimum atomic E-state index is -1.02. The van der Waals surface area contributed by atoms with Gasteiger partial charge in [0.2, 0.25) is 0 Å². The number of aromatic nitrogens is 2. The maximum absolute atomic E-state index is 11.7. The van der Waals surface area contributed by atoms with Gasteiger partial charge in [0.1, 0.15) is 9.75 Å². The number of ether oxygens (including phenoxy) is 1. The maximum atomic E-state index is 11.7. The molecule has 0 radical (unpaired) electrons. The van der Waals surface area contributed by atoms with Crippen LogP contribution in [-0.2, 0) is 22.6 Å². The highest BCUT2D eigenvalue weighted by atomic mass is 35.5. The fraction of sp³-hybridized carbons (Fsp3) is 0.700. The summed E-state index contributed by atoms with van der Waals surface area (Å²) < 4.78 is 8.91. The second-order valence-corrected chi connectivity index (χ2v) is 5.73. The fourth-order valence-corrected chi connectivity index (χ4v) is 2.09. The Morgan fingerprint density at radius 3 is 2.71 bits per heavy atom. The number of halogens is 2. The summed E-state index contributed by atoms with van der Waals surface area (Å²) in [4.78, 5) is 15.7. The highest BCUT2D eigenvalue weighted by Crippen LogP contribution is 2.64. The molecule has 2 rings (SSSR count). The highest BCUT2D eigenvalue weighted by molar-refractivity contribution is 6.53. The molecule has 1 aliphatic carbocycles. The molecule has 1 saturated carbocycles. The van der Waals surface area contributed by atoms with E-state index in [2.05, 4.69) is 10.1 Å². The van der Waals surface area contributed by atoms with Crippen molar-refractivity contribution in [3.8, 4) is 0 Å². The molecule has 0 spiro atoms. The van der Waals surface area contributed by atoms with Crippen LogP contribution in [0, 0.1) is 5.41 Å². The van der Waals surface area contributed by atoms with Crippen LogP contribution in [0.1, 0.15) is 32.0 Å². The molecule has 7 heteroatoms. The molecule has 0 aliphatic heterocycles. The van der Waals surface area contributed by atoms with Crippen LogP contribution in [0.15, 0.2) is 4.52 Å². The predicted molar refractivity (Wildman–Crippen MR) is 60.6 cm³/mol. The van der Waals surface area contributed by atoms with Gasteiger partial charge in [0.05, 0.1) is 0 Å². The van der Waals surface area contributed by atoms with Gasteiger partial charge in [-0.2, -0.15) is 4.98 Å². The molecule has 1 atom stereocenters. The lowest BCUT2D eigenvalue weighted by Gasteiger charge is -2.09. The number of hydrogen-bond acceptors (Lipinski definition) is 5. The summed E-state index contributed by atoms with van der Waals surface area (Å²) >= 11 is 11.7. The zero-order chi connectivity index (χ0) is 12.7. The number of alkyl halides is 2. The van der Waals surface area contributed by atoms with Gasteiger partial charge in [-0.1, -0.05) is 12.1 Å². The molecule has 0 aromatic carbocycles. The Bertz CT molecular complexity index is 447. The quantitative estimate of drug-likeness (QED) is 0.624. The molecule has 1 unspecified atom stereocenters. The third kappa shape index (κ3) is 2.26. The van der Waals surface area contributed by atoms with Crippen molar-refractivity contribution in [3.63, 3.8) is 0 Å². The van der Waals surface area contributed by atoms with Crippen LogP contribution in [0.5, 0.6) is 0 Å². The number of aryl methyl sites for hydroxylation is 1. The molecule has 0 bridgehead atoms. The van der Waals surface area contributed by atoms with Crippen LogP contribution in [0.3, 0.4) is 0 Å². The molecule has 0 amide bonds. The summed E-state index contributed by atoms with van der Waals surface area (Å²) in [6, 6.07) is 0. The first kappa shape index (κ1) is 12.6. The van der Waals surface area contributed by atoms with Crippen molar-refractivity contribution in [2.45, 2.75) is 37.6 Å². The summed E-state index contributed by atoms with van der Waals surface area (Å²) in [5.41, 5.74) is -0.830. The zero-order valence-electron chi connectivity index (χ0n) is 9.50. The van der Waals surface area contributed by atoms with Crippen LogP contribution < -0.4 is 0 Å². The molecular weight excluding hydrogens is 267 g/mol. The highest BCUT2D eigenvalue weighted by Gasteiger charge is 2.69. The van der Waals surface area contributed by atoms with Gasteiger partial charge >= 0.3 is 5.97 Å². The van der Waals surface area contributed by atoms with E-state index in [1.165, 1.54) is 0 Å². The molecule has 17 heavy (non-hydrogen) atoms. The molecule has 5 nitrogen and oxygen atoms in total. The maximum Gasteiger partial charge on any atom is 0.315 e. The van der Waals surface area contributed by atoms with Crippen LogP contribution in [0.2, 0.25) is 0 Å². The lowest BCUT2D eigenvalue weighted by atomic mass is 10.1. The van der Waals surface area contributed by atoms with E-state index in [1.807, 2.05) is 6.92 Å². The second-order valence-electron chi connectivity index (χ2n) is 4.25. The Morgan fingerprint density at radius 1 is 1.59 bits per heavy atom. The third-order valence-corrected chi connectivity index (χ3v) is 3.96. The van der Waals surface area contributed by atoms with E-state index in [-0.39, 0.29) is 12.5 Å². The summed E-state index contributed by atoms with van der Waals surface area (Å²) in [6.07, 6.45) is 1.06. The zero-order valence-corrected chi connectivity index (χ0v) is 11.0. The summed E-state index contributed by atoms with van der Waals surface area (Å²) in [5, 5.41) is 3.69. The Hall–Kier alpha value is -0.810. The van der Waals surface area contributed by atoms with Crippen LogP contribution >= 0.6 is 23.2 Å². The molecule has 0 saturated heterocycles. The summed E-state index contributed by atoms with van der Waals surface area (Å²) in [6.45, 7) is 3.52. The molecular formula is C10H12Cl2N2O3. The third-order valence-electron chi connectivity index (χ3n) is 2.86. The predicted octanol–water partition coefficient (Wildman–Crippen LogP) is 2.26. The van der Waals surface area contributed by atoms with Gasteiger partial charge in [0, 0.05) is 12.8 Å². The second kappa shape index (κ2) is 4.14. The Morgan fingerprint density at radius 2 is 2.24 bits per heavy atom. The smallest absolute Gasteiger partial charge is 0.315 e. The first-order valence-electron chi connectivity index (χ1n) is 5.25. The van der Waals surface area contributed by atoms with Crippen molar-refractivity contribution in [2.24, 2.45) is 5.41 Å². The standard InChI is InChI=1S/C10H12Cl2N2O3/c1-3-6-13-7(17-14-6)4-16-8(15)9(2)5-10(9,11)12/h3-5H2,1-2H3. The minimum Gasteiger partial charge on any atom is -0.455 e. The average Bonchev–Trinajstić information content (AvgIpc) is 2.68. The van der Waals surface area contributed by atoms with Crippen molar-refractivity contribution >= 4 is 29.2 Å². The largest absolute Gasteiger partial charge is 0.455 e. The Balaban J connectivity index is 1.89. The molecule has 1 fully saturated rings. The van der Waals surface area contributed by atoms with Gasteiger partial charge in [-0.05, 0) is 6.92 Å². The van der Waals surface area contributed by atoms with E-state index in [0.717, 1.165) is 0 Å². The topological polar surface area (TPSA) is 65.2 Å². The van der Waals surface area contributed by atoms with Crippen molar-refractivity contribution in [1.82, 2.24) is 10.1 Å². The van der Waals surface area contributed by atoms with Crippen molar-refractivity contribution in [3.05, 3.63) is 11.7 Å². The van der Waals surface area contributed by atoms with Crippen molar-refractivity contribution in [2.75, 3.05) is 0 Å². The van der Waals surface area contributed by atoms with Crippen LogP contribution in [0.4, 0.5) is 0 Å². The van der Waals surface area contributed by atoms with Crippen molar-refractivity contribution in [1.29, 1.82) is 0 Å². The Labute approximate surface area is 108 Å². The Kier molecular flexibility index (Phi) is 3.08.